The van der Waals surface area contributed by atoms with Crippen LogP contribution in [0.4, 0.5) is 10.1 Å². The summed E-state index contributed by atoms with van der Waals surface area (Å²) < 4.78 is 40.3. The van der Waals surface area contributed by atoms with Crippen molar-refractivity contribution >= 4 is 59.2 Å². The molecule has 3 nitrogen and oxygen atoms in total. The third-order valence-corrected chi connectivity index (χ3v) is 5.57. The molecule has 0 saturated heterocycles. The molecule has 0 amide bonds. The van der Waals surface area contributed by atoms with Crippen molar-refractivity contribution in [3.8, 4) is 0 Å². The maximum atomic E-state index is 13.2. The molecule has 112 valence electrons. The van der Waals surface area contributed by atoms with Crippen molar-refractivity contribution in [2.75, 3.05) is 4.72 Å². The van der Waals surface area contributed by atoms with Gasteiger partial charge in [-0.2, -0.15) is 0 Å². The molecule has 0 aliphatic carbocycles. The lowest BCUT2D eigenvalue weighted by Crippen LogP contribution is -2.13. The molecule has 0 atom stereocenters. The lowest BCUT2D eigenvalue weighted by atomic mass is 10.2. The van der Waals surface area contributed by atoms with Crippen LogP contribution in [0, 0.1) is 5.82 Å². The van der Waals surface area contributed by atoms with Gasteiger partial charge >= 0.3 is 0 Å². The predicted octanol–water partition coefficient (Wildman–Crippen LogP) is 4.94. The van der Waals surface area contributed by atoms with Gasteiger partial charge in [-0.05, 0) is 45.8 Å². The highest BCUT2D eigenvalue weighted by Crippen LogP contribution is 2.33. The van der Waals surface area contributed by atoms with Crippen LogP contribution in [0.5, 0.6) is 0 Å². The van der Waals surface area contributed by atoms with Crippen molar-refractivity contribution in [2.24, 2.45) is 0 Å². The first-order valence-electron chi connectivity index (χ1n) is 5.66. The van der Waals surface area contributed by atoms with E-state index in [0.717, 1.165) is 17.7 Å². The minimum Gasteiger partial charge on any atom is -0.277 e. The highest BCUT2D eigenvalue weighted by molar-refractivity contribution is 9.10. The highest BCUT2D eigenvalue weighted by Gasteiger charge is 2.18. The molecular formula is C13H9Br2ClFNO2S. The van der Waals surface area contributed by atoms with E-state index in [9.17, 15) is 12.8 Å². The van der Waals surface area contributed by atoms with Crippen LogP contribution in [0.3, 0.4) is 0 Å². The molecule has 0 bridgehead atoms. The number of alkyl halides is 1. The third-order valence-electron chi connectivity index (χ3n) is 2.63. The number of rotatable bonds is 4. The van der Waals surface area contributed by atoms with Crippen LogP contribution >= 0.6 is 43.5 Å². The Balaban J connectivity index is 2.37. The first-order valence-corrected chi connectivity index (χ1v) is 9.43. The Kier molecular flexibility index (Phi) is 5.29. The number of anilines is 1. The summed E-state index contributed by atoms with van der Waals surface area (Å²) in [6, 6.07) is 8.56. The molecule has 8 heteroatoms. The van der Waals surface area contributed by atoms with Gasteiger partial charge in [0.2, 0.25) is 0 Å². The number of halogens is 4. The normalized spacial score (nSPS) is 11.4. The third kappa shape index (κ3) is 3.97. The summed E-state index contributed by atoms with van der Waals surface area (Å²) in [4.78, 5) is 0.0968. The van der Waals surface area contributed by atoms with Gasteiger partial charge in [-0.3, -0.25) is 4.72 Å². The number of nitrogens with one attached hydrogen (secondary N) is 1. The predicted molar refractivity (Wildman–Crippen MR) is 89.0 cm³/mol. The lowest BCUT2D eigenvalue weighted by molar-refractivity contribution is 0.601. The van der Waals surface area contributed by atoms with Crippen LogP contribution in [-0.4, -0.2) is 8.42 Å². The summed E-state index contributed by atoms with van der Waals surface area (Å²) in [6.07, 6.45) is 0. The van der Waals surface area contributed by atoms with Crippen LogP contribution in [0.1, 0.15) is 5.56 Å². The maximum absolute atomic E-state index is 13.2. The molecule has 0 heterocycles. The maximum Gasteiger partial charge on any atom is 0.261 e. The van der Waals surface area contributed by atoms with Gasteiger partial charge in [0.25, 0.3) is 10.0 Å². The number of benzene rings is 2. The first kappa shape index (κ1) is 16.7. The molecule has 0 fully saturated rings. The van der Waals surface area contributed by atoms with Crippen molar-refractivity contribution in [3.63, 3.8) is 0 Å². The molecule has 0 spiro atoms. The topological polar surface area (TPSA) is 46.2 Å². The van der Waals surface area contributed by atoms with Crippen LogP contribution < -0.4 is 4.72 Å². The average Bonchev–Trinajstić information content (AvgIpc) is 2.43. The Morgan fingerprint density at radius 2 is 1.81 bits per heavy atom. The van der Waals surface area contributed by atoms with Crippen molar-refractivity contribution in [3.05, 3.63) is 57.3 Å². The Labute approximate surface area is 143 Å². The van der Waals surface area contributed by atoms with Gasteiger partial charge in [-0.1, -0.05) is 39.7 Å². The molecule has 1 N–H and O–H groups in total. The number of sulfonamides is 1. The molecule has 0 aromatic heterocycles. The Morgan fingerprint density at radius 3 is 2.33 bits per heavy atom. The summed E-state index contributed by atoms with van der Waals surface area (Å²) in [5, 5.41) is 0.610. The van der Waals surface area contributed by atoms with Crippen molar-refractivity contribution in [1.82, 2.24) is 0 Å². The van der Waals surface area contributed by atoms with E-state index in [-0.39, 0.29) is 20.1 Å². The summed E-state index contributed by atoms with van der Waals surface area (Å²) in [6.45, 7) is 0. The Hall–Kier alpha value is -0.630. The molecule has 2 aromatic rings. The molecule has 2 aromatic carbocycles. The van der Waals surface area contributed by atoms with Crippen LogP contribution in [0.25, 0.3) is 0 Å². The van der Waals surface area contributed by atoms with Gasteiger partial charge in [0.15, 0.2) is 0 Å². The van der Waals surface area contributed by atoms with Crippen molar-refractivity contribution < 1.29 is 12.8 Å². The van der Waals surface area contributed by atoms with E-state index in [1.807, 2.05) is 0 Å². The largest absolute Gasteiger partial charge is 0.277 e. The summed E-state index contributed by atoms with van der Waals surface area (Å²) >= 11 is 12.2. The molecule has 21 heavy (non-hydrogen) atoms. The SMILES string of the molecule is O=S(=O)(Nc1c(Cl)cc(F)cc1Br)c1ccc(CBr)cc1. The minimum atomic E-state index is -3.80. The van der Waals surface area contributed by atoms with Crippen LogP contribution in [0.15, 0.2) is 45.8 Å². The standard InChI is InChI=1S/C13H9Br2ClFNO2S/c14-7-8-1-3-10(4-2-8)21(19,20)18-13-11(15)5-9(17)6-12(13)16/h1-6,18H,7H2. The molecule has 0 aliphatic rings. The zero-order chi connectivity index (χ0) is 15.6. The molecule has 0 unspecified atom stereocenters. The van der Waals surface area contributed by atoms with E-state index in [1.54, 1.807) is 12.1 Å². The summed E-state index contributed by atoms with van der Waals surface area (Å²) in [5.41, 5.74) is 1.05. The highest BCUT2D eigenvalue weighted by atomic mass is 79.9. The fraction of sp³-hybridized carbons (Fsp3) is 0.0769. The second-order valence-electron chi connectivity index (χ2n) is 4.13. The molecule has 2 rings (SSSR count). The van der Waals surface area contributed by atoms with Gasteiger partial charge in [0, 0.05) is 9.80 Å². The first-order chi connectivity index (χ1) is 9.83. The van der Waals surface area contributed by atoms with E-state index >= 15 is 0 Å². The smallest absolute Gasteiger partial charge is 0.261 e. The number of hydrogen-bond donors (Lipinski definition) is 1. The Morgan fingerprint density at radius 1 is 1.19 bits per heavy atom. The zero-order valence-corrected chi connectivity index (χ0v) is 15.2. The van der Waals surface area contributed by atoms with Crippen LogP contribution in [0.2, 0.25) is 5.02 Å². The molecular weight excluding hydrogens is 448 g/mol. The fourth-order valence-electron chi connectivity index (χ4n) is 1.59. The summed E-state index contributed by atoms with van der Waals surface area (Å²) in [5.74, 6) is -0.559. The van der Waals surface area contributed by atoms with Crippen molar-refractivity contribution in [1.29, 1.82) is 0 Å². The van der Waals surface area contributed by atoms with Crippen LogP contribution in [-0.2, 0) is 15.4 Å². The second kappa shape index (κ2) is 6.64. The summed E-state index contributed by atoms with van der Waals surface area (Å²) in [7, 11) is -3.80. The van der Waals surface area contributed by atoms with Gasteiger partial charge in [-0.15, -0.1) is 0 Å². The van der Waals surface area contributed by atoms with E-state index in [4.69, 9.17) is 11.6 Å². The quantitative estimate of drug-likeness (QED) is 0.662. The van der Waals surface area contributed by atoms with Gasteiger partial charge < -0.3 is 0 Å². The second-order valence-corrected chi connectivity index (χ2v) is 7.63. The lowest BCUT2D eigenvalue weighted by Gasteiger charge is -2.12. The van der Waals surface area contributed by atoms with Gasteiger partial charge in [0.05, 0.1) is 15.6 Å². The monoisotopic (exact) mass is 455 g/mol. The minimum absolute atomic E-state index is 0.0254. The van der Waals surface area contributed by atoms with Crippen molar-refractivity contribution in [2.45, 2.75) is 10.2 Å². The molecule has 0 aliphatic heterocycles. The average molecular weight is 458 g/mol. The van der Waals surface area contributed by atoms with E-state index < -0.39 is 15.8 Å². The molecule has 0 saturated carbocycles. The number of hydrogen-bond acceptors (Lipinski definition) is 2. The molecule has 0 radical (unpaired) electrons. The Bertz CT molecular complexity index is 743. The van der Waals surface area contributed by atoms with Gasteiger partial charge in [0.1, 0.15) is 5.82 Å². The van der Waals surface area contributed by atoms with E-state index in [0.29, 0.717) is 5.33 Å². The van der Waals surface area contributed by atoms with E-state index in [2.05, 4.69) is 36.6 Å². The fourth-order valence-corrected chi connectivity index (χ4v) is 4.15. The van der Waals surface area contributed by atoms with E-state index in [1.165, 1.54) is 12.1 Å². The van der Waals surface area contributed by atoms with Gasteiger partial charge in [-0.25, -0.2) is 12.8 Å². The zero-order valence-electron chi connectivity index (χ0n) is 10.4.